The molecule has 0 unspecified atom stereocenters. The molecule has 3 aliphatic rings. The maximum absolute atomic E-state index is 10.8. The van der Waals surface area contributed by atoms with Gasteiger partial charge in [0.05, 0.1) is 28.3 Å². The van der Waals surface area contributed by atoms with Gasteiger partial charge in [-0.25, -0.2) is 54.6 Å². The molecule has 0 bridgehead atoms. The number of allylic oxidation sites excluding steroid dienone is 1. The number of hydrogen-bond donors (Lipinski definition) is 9. The maximum atomic E-state index is 10.8. The Balaban J connectivity index is 0.000000765. The fourth-order valence-corrected chi connectivity index (χ4v) is 11.1. The summed E-state index contributed by atoms with van der Waals surface area (Å²) in [7, 11) is 0. The monoisotopic (exact) mass is 2000 g/mol. The number of thiazole rings is 1. The summed E-state index contributed by atoms with van der Waals surface area (Å²) in [5, 5.41) is 57.8. The van der Waals surface area contributed by atoms with Crippen molar-refractivity contribution in [2.24, 2.45) is 38.0 Å². The first kappa shape index (κ1) is 128. The lowest BCUT2D eigenvalue weighted by atomic mass is 10.1. The summed E-state index contributed by atoms with van der Waals surface area (Å²) in [4.78, 5) is 85.5. The minimum Gasteiger partial charge on any atom is -0.449 e. The molecule has 10 N–H and O–H groups in total. The van der Waals surface area contributed by atoms with Gasteiger partial charge in [0.2, 0.25) is 0 Å². The van der Waals surface area contributed by atoms with Crippen molar-refractivity contribution < 1.29 is 9.21 Å². The standard InChI is InChI=1S/C8H14N2.C8H11N.C7H10N2O.2C7H10N2.C6H12N2O.4C6H10N2.C6H9NO.C6H9NS.5C5H9N3/c1-6(2)8-4-3-7(5-9)10-8;1-7(2)8-5-3-4-6-9-8;1-5(2)7-8-4-3-6(10)9-7;1-6(2)7-5-8-3-4-9-7;1-6(2)7-8-4-3-5-9-7;1-5(2)8-4-3-7-6(8)9;1-6(2)8-5-3-4-7-8;1-5(2)6-7-3-4-8-6;2*1-5(2)6-3-4-7-8-6;2*1-5(2)6-7-3-4-8-6;1-5(2)8-4-6-3-7-8;3*1-4(2)5-6-3-7-8-5;1-4(2)5-3-6-8-7-5/h3,6H,4-5,9H2,1-2H3;3-7H,1-2H3;3-5H,1-2H3,(H,8,9,10);2*3-6H,1-2H3;5H,3-4H2,1-2H3,(H,7,9);3-6H,1-2H3;3*3-5H,1-2H3,(H,7,8);3*3-5H,1-2H3;3*3-4H,1-2H3,(H,6,7,8);4H,3H2,1-2H3. The lowest BCUT2D eigenvalue weighted by Gasteiger charge is -2.17. The Kier molecular flexibility index (Phi) is 67.8. The Hall–Kier alpha value is -13.7. The first-order valence-corrected chi connectivity index (χ1v) is 50.4. The molecule has 2 amide bonds. The molecule has 0 saturated carbocycles. The second kappa shape index (κ2) is 76.1. The van der Waals surface area contributed by atoms with Crippen LogP contribution >= 0.6 is 11.3 Å². The van der Waals surface area contributed by atoms with Crippen molar-refractivity contribution in [2.45, 2.75) is 331 Å². The van der Waals surface area contributed by atoms with Crippen LogP contribution in [0.1, 0.15) is 394 Å². The van der Waals surface area contributed by atoms with Crippen LogP contribution in [0.25, 0.3) is 0 Å². The summed E-state index contributed by atoms with van der Waals surface area (Å²) >= 11 is 1.72. The molecule has 3 aliphatic heterocycles. The molecule has 39 nitrogen and oxygen atoms in total. The highest BCUT2D eigenvalue weighted by Gasteiger charge is 2.21. The number of nitrogens with one attached hydrogen (secondary N) is 8. The lowest BCUT2D eigenvalue weighted by molar-refractivity contribution is 0.206. The zero-order valence-corrected chi connectivity index (χ0v) is 92.8. The van der Waals surface area contributed by atoms with Gasteiger partial charge in [-0.2, -0.15) is 40.8 Å². The number of aliphatic imine (C=N–C) groups is 1. The Morgan fingerprint density at radius 1 is 0.417 bits per heavy atom. The quantitative estimate of drug-likeness (QED) is 0.0385. The number of amides is 2. The number of aromatic nitrogens is 29. The van der Waals surface area contributed by atoms with Crippen LogP contribution in [0.2, 0.25) is 0 Å². The topological polar surface area (TPSA) is 516 Å². The summed E-state index contributed by atoms with van der Waals surface area (Å²) in [6, 6.07) is 16.5. The van der Waals surface area contributed by atoms with Crippen LogP contribution in [0.4, 0.5) is 4.79 Å². The largest absolute Gasteiger partial charge is 0.449 e. The van der Waals surface area contributed by atoms with Crippen molar-refractivity contribution in [1.29, 1.82) is 0 Å². The van der Waals surface area contributed by atoms with Gasteiger partial charge in [-0.15, -0.1) is 16.4 Å². The smallest absolute Gasteiger partial charge is 0.317 e. The van der Waals surface area contributed by atoms with E-state index >= 15 is 0 Å². The fourth-order valence-electron chi connectivity index (χ4n) is 10.5. The Morgan fingerprint density at radius 3 is 1.20 bits per heavy atom. The molecule has 14 aromatic heterocycles. The number of carbonyl (C=O) groups excluding carboxylic acids is 1. The lowest BCUT2D eigenvalue weighted by Crippen LogP contribution is -2.33. The molecule has 0 atom stereocenters. The molecule has 17 heterocycles. The van der Waals surface area contributed by atoms with Crippen LogP contribution in [0, 0.1) is 11.8 Å². The Bertz CT molecular complexity index is 4660. The van der Waals surface area contributed by atoms with Gasteiger partial charge in [0, 0.05) is 213 Å². The number of aromatic amines is 7. The highest BCUT2D eigenvalue weighted by Crippen LogP contribution is 2.19. The van der Waals surface area contributed by atoms with E-state index in [1.807, 2.05) is 124 Å². The number of nitrogens with zero attached hydrogens (tertiary/aromatic N) is 27. The minimum absolute atomic E-state index is 0.0741. The zero-order valence-electron chi connectivity index (χ0n) is 92.0. The van der Waals surface area contributed by atoms with Gasteiger partial charge in [0.25, 0.3) is 5.56 Å². The molecule has 14 aromatic rings. The van der Waals surface area contributed by atoms with E-state index in [1.54, 1.807) is 96.9 Å². The van der Waals surface area contributed by atoms with Crippen molar-refractivity contribution in [3.63, 3.8) is 0 Å². The van der Waals surface area contributed by atoms with E-state index in [1.165, 1.54) is 53.4 Å². The first-order valence-electron chi connectivity index (χ1n) is 49.5. The van der Waals surface area contributed by atoms with Crippen molar-refractivity contribution in [2.75, 3.05) is 26.2 Å². The number of carbonyl (C=O) groups is 1. The van der Waals surface area contributed by atoms with Crippen molar-refractivity contribution >= 4 is 28.8 Å². The SMILES string of the molecule is CC(C)C1=NC(CN)=CC1.CC(C)C1=NN=NC1.CC(C)N1CCNC1=O.CC(C)c1ccccn1.CC(C)c1ccn[nH]1.CC(C)c1ccn[nH]1.CC(C)c1cnccn1.CC(C)c1ncc[nH]1.CC(C)c1nccc(=O)[nH]1.CC(C)c1ncccn1.CC(C)c1ncco1.CC(C)c1nccs1.CC(C)c1ncn[nH]1.CC(C)c1ncn[nH]1.CC(C)c1ncn[nH]1.CC(C)n1cccn1.CC(C)n1cncn1. The van der Waals surface area contributed by atoms with Gasteiger partial charge in [-0.3, -0.25) is 59.6 Å². The molecular weight excluding hydrogens is 1830 g/mol. The van der Waals surface area contributed by atoms with E-state index in [0.717, 1.165) is 83.1 Å². The third kappa shape index (κ3) is 59.9. The average Bonchev–Trinajstić information content (AvgIpc) is 1.73. The normalized spacial score (nSPS) is 11.8. The van der Waals surface area contributed by atoms with Crippen LogP contribution in [0.5, 0.6) is 0 Å². The third-order valence-electron chi connectivity index (χ3n) is 19.4. The number of pyridine rings is 1. The molecule has 1 saturated heterocycles. The predicted molar refractivity (Wildman–Crippen MR) is 580 cm³/mol. The summed E-state index contributed by atoms with van der Waals surface area (Å²) in [6.45, 7) is 74.0. The van der Waals surface area contributed by atoms with Crippen LogP contribution in [-0.2, 0) is 0 Å². The molecule has 790 valence electrons. The van der Waals surface area contributed by atoms with Gasteiger partial charge in [-0.05, 0) is 119 Å². The molecule has 0 radical (unpaired) electrons. The number of imidazole rings is 1. The van der Waals surface area contributed by atoms with E-state index in [2.05, 4.69) is 362 Å². The summed E-state index contributed by atoms with van der Waals surface area (Å²) in [6.07, 6.45) is 39.0. The van der Waals surface area contributed by atoms with Crippen LogP contribution in [0.3, 0.4) is 0 Å². The van der Waals surface area contributed by atoms with E-state index in [-0.39, 0.29) is 17.5 Å². The number of hydrogen-bond acceptors (Lipinski definition) is 29. The third-order valence-corrected chi connectivity index (χ3v) is 20.4. The van der Waals surface area contributed by atoms with E-state index in [9.17, 15) is 9.59 Å². The number of rotatable bonds is 18. The molecule has 0 aliphatic carbocycles. The number of H-pyrrole nitrogens is 7. The maximum Gasteiger partial charge on any atom is 0.317 e. The number of nitrogens with two attached hydrogens (primary N) is 1. The second-order valence-electron chi connectivity index (χ2n) is 37.6. The molecule has 144 heavy (non-hydrogen) atoms. The first-order chi connectivity index (χ1) is 68.4. The zero-order chi connectivity index (χ0) is 108. The van der Waals surface area contributed by atoms with Gasteiger partial charge >= 0.3 is 6.03 Å². The molecule has 0 aromatic carbocycles. The highest BCUT2D eigenvalue weighted by molar-refractivity contribution is 7.09. The number of urea groups is 1. The molecule has 0 spiro atoms. The minimum atomic E-state index is -0.0845. The Morgan fingerprint density at radius 2 is 0.965 bits per heavy atom. The summed E-state index contributed by atoms with van der Waals surface area (Å²) in [5.74, 6) is 13.2. The van der Waals surface area contributed by atoms with Crippen LogP contribution in [-0.4, -0.2) is 200 Å². The van der Waals surface area contributed by atoms with Gasteiger partial charge in [0.1, 0.15) is 79.4 Å². The number of oxazole rings is 1. The average molecular weight is 2000 g/mol. The fraction of sp³-hybridized carbons (Fsp3) is 0.538. The second-order valence-corrected chi connectivity index (χ2v) is 38.5. The molecule has 40 heteroatoms. The van der Waals surface area contributed by atoms with E-state index < -0.39 is 0 Å². The van der Waals surface area contributed by atoms with Gasteiger partial charge in [-0.1, -0.05) is 206 Å². The van der Waals surface area contributed by atoms with Crippen molar-refractivity contribution in [3.8, 4) is 0 Å². The van der Waals surface area contributed by atoms with Gasteiger partial charge in [0.15, 0.2) is 5.89 Å². The van der Waals surface area contributed by atoms with Crippen LogP contribution in [0.15, 0.2) is 226 Å². The molecular formula is C104H170N36O3S. The summed E-state index contributed by atoms with van der Waals surface area (Å²) in [5.41, 5.74) is 13.3. The van der Waals surface area contributed by atoms with E-state index in [0.29, 0.717) is 108 Å². The predicted octanol–water partition coefficient (Wildman–Crippen LogP) is 23.3. The van der Waals surface area contributed by atoms with Crippen molar-refractivity contribution in [3.05, 3.63) is 276 Å². The molecule has 17 rings (SSSR count). The molecule has 1 fully saturated rings. The van der Waals surface area contributed by atoms with Gasteiger partial charge < -0.3 is 30.3 Å². The highest BCUT2D eigenvalue weighted by atomic mass is 32.1. The van der Waals surface area contributed by atoms with E-state index in [4.69, 9.17) is 10.2 Å². The summed E-state index contributed by atoms with van der Waals surface area (Å²) < 4.78 is 8.71. The van der Waals surface area contributed by atoms with Crippen molar-refractivity contribution in [1.82, 2.24) is 156 Å². The Labute approximate surface area is 859 Å². The van der Waals surface area contributed by atoms with Crippen LogP contribution < -0.4 is 16.6 Å².